The predicted octanol–water partition coefficient (Wildman–Crippen LogP) is -0.0623. The molecule has 80 valence electrons. The Morgan fingerprint density at radius 1 is 1.53 bits per heavy atom. The van der Waals surface area contributed by atoms with E-state index in [2.05, 4.69) is 15.3 Å². The van der Waals surface area contributed by atoms with Gasteiger partial charge in [-0.15, -0.1) is 0 Å². The molecule has 1 aromatic heterocycles. The number of hydrogen-bond acceptors (Lipinski definition) is 5. The van der Waals surface area contributed by atoms with Crippen LogP contribution >= 0.6 is 0 Å². The topological polar surface area (TPSA) is 77.7 Å². The van der Waals surface area contributed by atoms with E-state index in [9.17, 15) is 5.11 Å². The molecule has 0 unspecified atom stereocenters. The van der Waals surface area contributed by atoms with Crippen LogP contribution in [0.4, 0.5) is 0 Å². The van der Waals surface area contributed by atoms with Crippen molar-refractivity contribution in [3.05, 3.63) is 23.0 Å². The SMILES string of the molecule is Cc1ncc(CO)c(C2=NCCN2)c1O. The van der Waals surface area contributed by atoms with Gasteiger partial charge in [0, 0.05) is 18.3 Å². The summed E-state index contributed by atoms with van der Waals surface area (Å²) in [5.74, 6) is 0.733. The molecule has 3 N–H and O–H groups in total. The van der Waals surface area contributed by atoms with Gasteiger partial charge in [-0.1, -0.05) is 0 Å². The van der Waals surface area contributed by atoms with Crippen molar-refractivity contribution in [2.75, 3.05) is 13.1 Å². The second kappa shape index (κ2) is 3.86. The molecule has 1 aliphatic heterocycles. The van der Waals surface area contributed by atoms with Crippen LogP contribution in [0.25, 0.3) is 0 Å². The minimum absolute atomic E-state index is 0.0923. The van der Waals surface area contributed by atoms with Crippen molar-refractivity contribution in [1.29, 1.82) is 0 Å². The Kier molecular flexibility index (Phi) is 2.55. The Balaban J connectivity index is 2.55. The number of rotatable bonds is 2. The van der Waals surface area contributed by atoms with Gasteiger partial charge in [-0.3, -0.25) is 9.98 Å². The number of aromatic hydroxyl groups is 1. The summed E-state index contributed by atoms with van der Waals surface area (Å²) in [6, 6.07) is 0. The number of aliphatic imine (C=N–C) groups is 1. The fraction of sp³-hybridized carbons (Fsp3) is 0.400. The number of hydrogen-bond donors (Lipinski definition) is 3. The standard InChI is InChI=1S/C10H13N3O2/c1-6-9(15)8(7(5-14)4-13-6)10-11-2-3-12-10/h4,14-15H,2-3,5H2,1H3,(H,11,12). The lowest BCUT2D eigenvalue weighted by molar-refractivity contribution is 0.280. The van der Waals surface area contributed by atoms with Crippen molar-refractivity contribution in [3.8, 4) is 5.75 Å². The third-order valence-electron chi connectivity index (χ3n) is 2.40. The summed E-state index contributed by atoms with van der Waals surface area (Å²) in [4.78, 5) is 8.21. The minimum Gasteiger partial charge on any atom is -0.505 e. The molecule has 1 aliphatic rings. The molecule has 2 rings (SSSR count). The van der Waals surface area contributed by atoms with Crippen LogP contribution in [0.5, 0.6) is 5.75 Å². The zero-order valence-electron chi connectivity index (χ0n) is 8.49. The number of aromatic nitrogens is 1. The zero-order chi connectivity index (χ0) is 10.8. The van der Waals surface area contributed by atoms with Crippen molar-refractivity contribution < 1.29 is 10.2 Å². The molecule has 0 aliphatic carbocycles. The van der Waals surface area contributed by atoms with Gasteiger partial charge >= 0.3 is 0 Å². The second-order valence-corrected chi connectivity index (χ2v) is 3.41. The number of aliphatic hydroxyl groups excluding tert-OH is 1. The van der Waals surface area contributed by atoms with Crippen LogP contribution in [-0.4, -0.2) is 34.1 Å². The number of nitrogens with one attached hydrogen (secondary N) is 1. The molecule has 0 spiro atoms. The van der Waals surface area contributed by atoms with Crippen molar-refractivity contribution in [2.45, 2.75) is 13.5 Å². The van der Waals surface area contributed by atoms with Crippen LogP contribution in [0.3, 0.4) is 0 Å². The summed E-state index contributed by atoms with van der Waals surface area (Å²) in [5.41, 5.74) is 1.70. The third kappa shape index (κ3) is 1.66. The van der Waals surface area contributed by atoms with Gasteiger partial charge in [-0.2, -0.15) is 0 Å². The predicted molar refractivity (Wildman–Crippen MR) is 56.0 cm³/mol. The molecule has 0 aromatic carbocycles. The third-order valence-corrected chi connectivity index (χ3v) is 2.40. The summed E-state index contributed by atoms with van der Waals surface area (Å²) in [6.07, 6.45) is 1.56. The van der Waals surface area contributed by atoms with Gasteiger partial charge in [0.05, 0.1) is 24.4 Å². The molecule has 1 aromatic rings. The highest BCUT2D eigenvalue weighted by Crippen LogP contribution is 2.24. The van der Waals surface area contributed by atoms with Crippen molar-refractivity contribution in [2.24, 2.45) is 4.99 Å². The van der Waals surface area contributed by atoms with Gasteiger partial charge in [0.25, 0.3) is 0 Å². The monoisotopic (exact) mass is 207 g/mol. The molecule has 2 heterocycles. The highest BCUT2D eigenvalue weighted by molar-refractivity contribution is 6.03. The number of amidine groups is 1. The number of aryl methyl sites for hydroxylation is 1. The first-order valence-electron chi connectivity index (χ1n) is 4.81. The molecular formula is C10H13N3O2. The lowest BCUT2D eigenvalue weighted by Gasteiger charge is -2.11. The number of pyridine rings is 1. The average Bonchev–Trinajstić information content (AvgIpc) is 2.75. The summed E-state index contributed by atoms with van der Waals surface area (Å²) in [7, 11) is 0. The molecule has 0 saturated heterocycles. The Hall–Kier alpha value is -1.62. The second-order valence-electron chi connectivity index (χ2n) is 3.41. The fourth-order valence-corrected chi connectivity index (χ4v) is 1.58. The van der Waals surface area contributed by atoms with Crippen LogP contribution in [-0.2, 0) is 6.61 Å². The van der Waals surface area contributed by atoms with E-state index < -0.39 is 0 Å². The highest BCUT2D eigenvalue weighted by atomic mass is 16.3. The smallest absolute Gasteiger partial charge is 0.148 e. The van der Waals surface area contributed by atoms with E-state index in [1.54, 1.807) is 13.1 Å². The number of aliphatic hydroxyl groups is 1. The van der Waals surface area contributed by atoms with Crippen LogP contribution in [0, 0.1) is 6.92 Å². The Labute approximate surface area is 87.5 Å². The van der Waals surface area contributed by atoms with Gasteiger partial charge in [0.2, 0.25) is 0 Å². The minimum atomic E-state index is -0.156. The molecule has 0 saturated carbocycles. The van der Waals surface area contributed by atoms with Gasteiger partial charge < -0.3 is 15.5 Å². The lowest BCUT2D eigenvalue weighted by atomic mass is 10.1. The maximum Gasteiger partial charge on any atom is 0.148 e. The van der Waals surface area contributed by atoms with Crippen LogP contribution in [0.2, 0.25) is 0 Å². The first-order valence-corrected chi connectivity index (χ1v) is 4.81. The van der Waals surface area contributed by atoms with E-state index in [1.807, 2.05) is 0 Å². The van der Waals surface area contributed by atoms with E-state index in [1.165, 1.54) is 0 Å². The quantitative estimate of drug-likeness (QED) is 0.634. The first kappa shape index (κ1) is 9.92. The molecular weight excluding hydrogens is 194 g/mol. The summed E-state index contributed by atoms with van der Waals surface area (Å²) in [6.45, 7) is 3.02. The summed E-state index contributed by atoms with van der Waals surface area (Å²) in [5, 5.41) is 22.1. The molecule has 0 fully saturated rings. The van der Waals surface area contributed by atoms with E-state index in [0.29, 0.717) is 29.2 Å². The van der Waals surface area contributed by atoms with Gasteiger partial charge in [-0.05, 0) is 6.92 Å². The largest absolute Gasteiger partial charge is 0.505 e. The van der Waals surface area contributed by atoms with E-state index in [0.717, 1.165) is 6.54 Å². The molecule has 5 nitrogen and oxygen atoms in total. The normalized spacial score (nSPS) is 14.9. The van der Waals surface area contributed by atoms with E-state index in [4.69, 9.17) is 5.11 Å². The highest BCUT2D eigenvalue weighted by Gasteiger charge is 2.18. The fourth-order valence-electron chi connectivity index (χ4n) is 1.58. The van der Waals surface area contributed by atoms with Gasteiger partial charge in [0.1, 0.15) is 11.6 Å². The maximum atomic E-state index is 9.88. The van der Waals surface area contributed by atoms with Crippen molar-refractivity contribution in [1.82, 2.24) is 10.3 Å². The molecule has 0 radical (unpaired) electrons. The average molecular weight is 207 g/mol. The van der Waals surface area contributed by atoms with Crippen molar-refractivity contribution in [3.63, 3.8) is 0 Å². The Morgan fingerprint density at radius 2 is 2.33 bits per heavy atom. The van der Waals surface area contributed by atoms with E-state index >= 15 is 0 Å². The molecule has 15 heavy (non-hydrogen) atoms. The zero-order valence-corrected chi connectivity index (χ0v) is 8.49. The molecule has 0 amide bonds. The number of nitrogens with zero attached hydrogens (tertiary/aromatic N) is 2. The van der Waals surface area contributed by atoms with Crippen LogP contribution < -0.4 is 5.32 Å². The maximum absolute atomic E-state index is 9.88. The van der Waals surface area contributed by atoms with E-state index in [-0.39, 0.29) is 12.4 Å². The molecule has 0 bridgehead atoms. The lowest BCUT2D eigenvalue weighted by Crippen LogP contribution is -2.21. The van der Waals surface area contributed by atoms with Gasteiger partial charge in [0.15, 0.2) is 0 Å². The first-order chi connectivity index (χ1) is 7.24. The van der Waals surface area contributed by atoms with Crippen LogP contribution in [0.15, 0.2) is 11.2 Å². The van der Waals surface area contributed by atoms with Gasteiger partial charge in [-0.25, -0.2) is 0 Å². The molecule has 0 atom stereocenters. The summed E-state index contributed by atoms with van der Waals surface area (Å²) >= 11 is 0. The van der Waals surface area contributed by atoms with Crippen molar-refractivity contribution >= 4 is 5.84 Å². The molecule has 5 heteroatoms. The van der Waals surface area contributed by atoms with Crippen LogP contribution in [0.1, 0.15) is 16.8 Å². The Bertz CT molecular complexity index is 415. The summed E-state index contributed by atoms with van der Waals surface area (Å²) < 4.78 is 0. The Morgan fingerprint density at radius 3 is 2.93 bits per heavy atom.